The lowest BCUT2D eigenvalue weighted by Crippen LogP contribution is -2.48. The number of sulfonamides is 1. The molecule has 2 atom stereocenters. The molecule has 2 unspecified atom stereocenters. The highest BCUT2D eigenvalue weighted by atomic mass is 32.2. The lowest BCUT2D eigenvalue weighted by molar-refractivity contribution is 0.188. The minimum Gasteiger partial charge on any atom is -0.398 e. The fourth-order valence-electron chi connectivity index (χ4n) is 2.71. The predicted molar refractivity (Wildman–Crippen MR) is 81.0 cm³/mol. The third-order valence-corrected chi connectivity index (χ3v) is 5.66. The van der Waals surface area contributed by atoms with Gasteiger partial charge < -0.3 is 10.6 Å². The van der Waals surface area contributed by atoms with Gasteiger partial charge >= 0.3 is 0 Å². The Morgan fingerprint density at radius 3 is 2.75 bits per heavy atom. The van der Waals surface area contributed by atoms with Crippen molar-refractivity contribution in [2.75, 3.05) is 25.9 Å². The number of anilines is 1. The van der Waals surface area contributed by atoms with E-state index in [0.717, 1.165) is 19.5 Å². The van der Waals surface area contributed by atoms with Crippen LogP contribution in [0.2, 0.25) is 0 Å². The standard InChI is InChI=1S/C14H23N3O2S/c1-10-9-17(3)8-7-13(10)16-20(18,19)14-6-4-5-12(15)11(14)2/h4-6,10,13,16H,7-9,15H2,1-3H3. The number of benzene rings is 1. The van der Waals surface area contributed by atoms with E-state index in [0.29, 0.717) is 17.2 Å². The van der Waals surface area contributed by atoms with Crippen LogP contribution in [0.4, 0.5) is 5.69 Å². The summed E-state index contributed by atoms with van der Waals surface area (Å²) in [6.45, 7) is 5.63. The van der Waals surface area contributed by atoms with Crippen LogP contribution in [0.1, 0.15) is 18.9 Å². The van der Waals surface area contributed by atoms with Crippen LogP contribution in [-0.2, 0) is 10.0 Å². The maximum Gasteiger partial charge on any atom is 0.241 e. The van der Waals surface area contributed by atoms with Gasteiger partial charge in [0.05, 0.1) is 4.90 Å². The first-order valence-electron chi connectivity index (χ1n) is 6.87. The third-order valence-electron chi connectivity index (χ3n) is 4.03. The lowest BCUT2D eigenvalue weighted by Gasteiger charge is -2.35. The number of nitrogens with one attached hydrogen (secondary N) is 1. The van der Waals surface area contributed by atoms with E-state index in [1.807, 2.05) is 0 Å². The van der Waals surface area contributed by atoms with Crippen molar-refractivity contribution in [3.63, 3.8) is 0 Å². The Hall–Kier alpha value is -1.11. The third kappa shape index (κ3) is 3.13. The van der Waals surface area contributed by atoms with Gasteiger partial charge in [0.1, 0.15) is 0 Å². The van der Waals surface area contributed by atoms with Gasteiger partial charge in [0.2, 0.25) is 10.0 Å². The summed E-state index contributed by atoms with van der Waals surface area (Å²) in [5.74, 6) is 0.296. The van der Waals surface area contributed by atoms with Gasteiger partial charge in [-0.15, -0.1) is 0 Å². The summed E-state index contributed by atoms with van der Waals surface area (Å²) < 4.78 is 27.9. The highest BCUT2D eigenvalue weighted by Crippen LogP contribution is 2.23. The van der Waals surface area contributed by atoms with Crippen LogP contribution in [0.5, 0.6) is 0 Å². The van der Waals surface area contributed by atoms with Gasteiger partial charge in [-0.1, -0.05) is 13.0 Å². The molecule has 1 heterocycles. The highest BCUT2D eigenvalue weighted by molar-refractivity contribution is 7.89. The van der Waals surface area contributed by atoms with E-state index in [-0.39, 0.29) is 10.9 Å². The van der Waals surface area contributed by atoms with E-state index >= 15 is 0 Å². The monoisotopic (exact) mass is 297 g/mol. The first-order valence-corrected chi connectivity index (χ1v) is 8.35. The largest absolute Gasteiger partial charge is 0.398 e. The molecule has 20 heavy (non-hydrogen) atoms. The molecule has 112 valence electrons. The zero-order valence-corrected chi connectivity index (χ0v) is 13.1. The minimum absolute atomic E-state index is 0.0166. The van der Waals surface area contributed by atoms with Gasteiger partial charge in [0.25, 0.3) is 0 Å². The molecule has 2 rings (SSSR count). The number of piperidine rings is 1. The summed E-state index contributed by atoms with van der Waals surface area (Å²) in [4.78, 5) is 2.50. The van der Waals surface area contributed by atoms with Crippen molar-refractivity contribution in [2.24, 2.45) is 5.92 Å². The molecule has 0 aromatic heterocycles. The van der Waals surface area contributed by atoms with Crippen LogP contribution in [-0.4, -0.2) is 39.5 Å². The van der Waals surface area contributed by atoms with Crippen molar-refractivity contribution in [3.8, 4) is 0 Å². The molecule has 0 aliphatic carbocycles. The Kier molecular flexibility index (Phi) is 4.36. The molecule has 1 saturated heterocycles. The zero-order valence-electron chi connectivity index (χ0n) is 12.3. The second kappa shape index (κ2) is 5.71. The summed E-state index contributed by atoms with van der Waals surface area (Å²) in [6, 6.07) is 4.98. The molecule has 6 heteroatoms. The highest BCUT2D eigenvalue weighted by Gasteiger charge is 2.29. The molecule has 1 aliphatic rings. The number of hydrogen-bond acceptors (Lipinski definition) is 4. The van der Waals surface area contributed by atoms with E-state index < -0.39 is 10.0 Å². The molecular weight excluding hydrogens is 274 g/mol. The van der Waals surface area contributed by atoms with Gasteiger partial charge in [0.15, 0.2) is 0 Å². The summed E-state index contributed by atoms with van der Waals surface area (Å²) >= 11 is 0. The lowest BCUT2D eigenvalue weighted by atomic mass is 9.95. The Labute approximate surface area is 121 Å². The zero-order chi connectivity index (χ0) is 14.9. The maximum absolute atomic E-state index is 12.5. The average molecular weight is 297 g/mol. The number of hydrogen-bond donors (Lipinski definition) is 2. The smallest absolute Gasteiger partial charge is 0.241 e. The fourth-order valence-corrected chi connectivity index (χ4v) is 4.37. The number of rotatable bonds is 3. The van der Waals surface area contributed by atoms with Crippen molar-refractivity contribution in [2.45, 2.75) is 31.2 Å². The Balaban J connectivity index is 2.21. The molecule has 3 N–H and O–H groups in total. The number of nitrogens with zero attached hydrogens (tertiary/aromatic N) is 1. The first-order chi connectivity index (χ1) is 9.31. The summed E-state index contributed by atoms with van der Waals surface area (Å²) in [7, 11) is -1.45. The Morgan fingerprint density at radius 2 is 2.10 bits per heavy atom. The molecule has 1 fully saturated rings. The van der Waals surface area contributed by atoms with Crippen molar-refractivity contribution in [1.82, 2.24) is 9.62 Å². The first kappa shape index (κ1) is 15.3. The van der Waals surface area contributed by atoms with Gasteiger partial charge in [-0.3, -0.25) is 0 Å². The average Bonchev–Trinajstić information content (AvgIpc) is 2.36. The van der Waals surface area contributed by atoms with Crippen molar-refractivity contribution >= 4 is 15.7 Å². The van der Waals surface area contributed by atoms with Gasteiger partial charge in [-0.2, -0.15) is 0 Å². The van der Waals surface area contributed by atoms with Gasteiger partial charge in [-0.05, 0) is 50.6 Å². The summed E-state index contributed by atoms with van der Waals surface area (Å²) in [6.07, 6.45) is 0.832. The maximum atomic E-state index is 12.5. The van der Waals surface area contributed by atoms with Crippen LogP contribution in [0.15, 0.2) is 23.1 Å². The predicted octanol–water partition coefficient (Wildman–Crippen LogP) is 1.20. The van der Waals surface area contributed by atoms with Gasteiger partial charge in [-0.25, -0.2) is 13.1 Å². The molecule has 1 aliphatic heterocycles. The SMILES string of the molecule is Cc1c(N)cccc1S(=O)(=O)NC1CCN(C)CC1C. The van der Waals surface area contributed by atoms with Crippen molar-refractivity contribution in [1.29, 1.82) is 0 Å². The Bertz CT molecular complexity index is 586. The molecule has 1 aromatic carbocycles. The molecule has 5 nitrogen and oxygen atoms in total. The molecule has 0 radical (unpaired) electrons. The van der Waals surface area contributed by atoms with Gasteiger partial charge in [0, 0.05) is 18.3 Å². The fraction of sp³-hybridized carbons (Fsp3) is 0.571. The second-order valence-electron chi connectivity index (χ2n) is 5.73. The topological polar surface area (TPSA) is 75.4 Å². The van der Waals surface area contributed by atoms with E-state index in [1.165, 1.54) is 0 Å². The molecule has 1 aromatic rings. The van der Waals surface area contributed by atoms with E-state index in [2.05, 4.69) is 23.6 Å². The Morgan fingerprint density at radius 1 is 1.40 bits per heavy atom. The number of nitrogen functional groups attached to an aromatic ring is 1. The minimum atomic E-state index is -3.51. The molecule has 0 amide bonds. The van der Waals surface area contributed by atoms with Crippen molar-refractivity contribution in [3.05, 3.63) is 23.8 Å². The second-order valence-corrected chi connectivity index (χ2v) is 7.41. The molecule has 0 saturated carbocycles. The van der Waals surface area contributed by atoms with Crippen LogP contribution in [0.3, 0.4) is 0 Å². The normalized spacial score (nSPS) is 24.8. The molecule has 0 bridgehead atoms. The summed E-state index contributed by atoms with van der Waals surface area (Å²) in [5.41, 5.74) is 6.91. The van der Waals surface area contributed by atoms with Crippen LogP contribution in [0, 0.1) is 12.8 Å². The van der Waals surface area contributed by atoms with Crippen LogP contribution >= 0.6 is 0 Å². The number of nitrogens with two attached hydrogens (primary N) is 1. The quantitative estimate of drug-likeness (QED) is 0.822. The molecular formula is C14H23N3O2S. The van der Waals surface area contributed by atoms with Crippen molar-refractivity contribution < 1.29 is 8.42 Å². The summed E-state index contributed by atoms with van der Waals surface area (Å²) in [5, 5.41) is 0. The molecule has 0 spiro atoms. The number of likely N-dealkylation sites (tertiary alicyclic amines) is 1. The van der Waals surface area contributed by atoms with E-state index in [9.17, 15) is 8.42 Å². The van der Waals surface area contributed by atoms with E-state index in [1.54, 1.807) is 25.1 Å². The van der Waals surface area contributed by atoms with E-state index in [4.69, 9.17) is 5.73 Å². The van der Waals surface area contributed by atoms with Crippen LogP contribution < -0.4 is 10.5 Å². The van der Waals surface area contributed by atoms with Crippen LogP contribution in [0.25, 0.3) is 0 Å².